The van der Waals surface area contributed by atoms with Crippen molar-refractivity contribution in [2.75, 3.05) is 11.9 Å². The average molecular weight is 587 g/mol. The van der Waals surface area contributed by atoms with Gasteiger partial charge in [-0.05, 0) is 96.0 Å². The molecule has 0 fully saturated rings. The molecule has 2 heterocycles. The van der Waals surface area contributed by atoms with Crippen molar-refractivity contribution in [2.24, 2.45) is 0 Å². The summed E-state index contributed by atoms with van der Waals surface area (Å²) >= 11 is 0. The number of para-hydroxylation sites is 1. The second-order valence-electron chi connectivity index (χ2n) is 12.5. The molecule has 1 N–H and O–H groups in total. The molecule has 1 aliphatic rings. The summed E-state index contributed by atoms with van der Waals surface area (Å²) in [5, 5.41) is 15.2. The van der Waals surface area contributed by atoms with Gasteiger partial charge in [-0.3, -0.25) is 4.57 Å². The van der Waals surface area contributed by atoms with Gasteiger partial charge in [-0.2, -0.15) is 0 Å². The van der Waals surface area contributed by atoms with E-state index in [0.29, 0.717) is 0 Å². The molecule has 0 saturated heterocycles. The summed E-state index contributed by atoms with van der Waals surface area (Å²) in [6.45, 7) is 0.994. The molecule has 2 heteroatoms. The Morgan fingerprint density at radius 1 is 0.457 bits per heavy atom. The second kappa shape index (κ2) is 9.82. The first-order valence-corrected chi connectivity index (χ1v) is 16.2. The Morgan fingerprint density at radius 2 is 1.07 bits per heavy atom. The quantitative estimate of drug-likeness (QED) is 0.204. The lowest BCUT2D eigenvalue weighted by atomic mass is 9.84. The van der Waals surface area contributed by atoms with Crippen molar-refractivity contribution in [2.45, 2.75) is 6.42 Å². The first-order chi connectivity index (χ1) is 22.8. The van der Waals surface area contributed by atoms with Crippen LogP contribution in [0.15, 0.2) is 152 Å². The van der Waals surface area contributed by atoms with Crippen LogP contribution in [0, 0.1) is 0 Å². The number of fused-ring (bicyclic) bond motifs is 7. The van der Waals surface area contributed by atoms with E-state index in [0.717, 1.165) is 13.0 Å². The molecule has 2 nitrogen and oxygen atoms in total. The van der Waals surface area contributed by atoms with Crippen LogP contribution < -0.4 is 5.32 Å². The monoisotopic (exact) mass is 586 g/mol. The van der Waals surface area contributed by atoms with E-state index in [2.05, 4.69) is 162 Å². The Kier molecular flexibility index (Phi) is 5.44. The van der Waals surface area contributed by atoms with Gasteiger partial charge in [0.15, 0.2) is 0 Å². The molecule has 1 aromatic heterocycles. The van der Waals surface area contributed by atoms with E-state index in [9.17, 15) is 0 Å². The minimum Gasteiger partial charge on any atom is -0.371 e. The molecule has 10 rings (SSSR count). The zero-order valence-electron chi connectivity index (χ0n) is 25.3. The van der Waals surface area contributed by atoms with Crippen LogP contribution in [-0.4, -0.2) is 11.1 Å². The van der Waals surface area contributed by atoms with Crippen molar-refractivity contribution in [3.05, 3.63) is 157 Å². The van der Waals surface area contributed by atoms with Gasteiger partial charge in [0.05, 0.1) is 5.52 Å². The van der Waals surface area contributed by atoms with Gasteiger partial charge in [-0.1, -0.05) is 127 Å². The third kappa shape index (κ3) is 3.64. The lowest BCUT2D eigenvalue weighted by Gasteiger charge is -2.19. The molecular formula is C44H30N2. The Bertz CT molecular complexity index is 2610. The van der Waals surface area contributed by atoms with Crippen LogP contribution in [0.25, 0.3) is 81.9 Å². The largest absolute Gasteiger partial charge is 0.371 e. The van der Waals surface area contributed by atoms with Gasteiger partial charge in [0, 0.05) is 23.2 Å². The molecule has 0 aliphatic carbocycles. The first kappa shape index (κ1) is 25.5. The number of anilines is 1. The van der Waals surface area contributed by atoms with Crippen LogP contribution in [-0.2, 0) is 6.42 Å². The van der Waals surface area contributed by atoms with Crippen LogP contribution in [0.3, 0.4) is 0 Å². The number of benzene rings is 8. The minimum atomic E-state index is 0.994. The lowest BCUT2D eigenvalue weighted by molar-refractivity contribution is 1.09. The summed E-state index contributed by atoms with van der Waals surface area (Å²) in [4.78, 5) is 0. The molecule has 0 unspecified atom stereocenters. The molecular weight excluding hydrogens is 556 g/mol. The van der Waals surface area contributed by atoms with Crippen LogP contribution in [0.5, 0.6) is 0 Å². The highest BCUT2D eigenvalue weighted by Crippen LogP contribution is 2.46. The van der Waals surface area contributed by atoms with Gasteiger partial charge in [0.25, 0.3) is 0 Å². The third-order valence-corrected chi connectivity index (χ3v) is 10.0. The maximum atomic E-state index is 3.66. The van der Waals surface area contributed by atoms with E-state index in [1.165, 1.54) is 93.3 Å². The third-order valence-electron chi connectivity index (χ3n) is 10.0. The maximum Gasteiger partial charge on any atom is 0.115 e. The zero-order valence-corrected chi connectivity index (χ0v) is 25.3. The molecule has 1 aliphatic heterocycles. The standard InChI is InChI=1S/C44H30N2/c1-2-12-33-28(10-1)11-9-18-35(33)43-38-16-5-3-14-36(38)42(37-15-4-6-17-39(37)43)31-21-20-30-27-32(23-22-29(30)26-31)46-41-19-8-7-13-34(41)40-24-25-45-44(40)46/h1-23,26-27,45H,24-25H2. The van der Waals surface area contributed by atoms with Crippen molar-refractivity contribution >= 4 is 59.8 Å². The van der Waals surface area contributed by atoms with E-state index in [1.54, 1.807) is 0 Å². The molecule has 0 saturated carbocycles. The highest BCUT2D eigenvalue weighted by molar-refractivity contribution is 6.23. The minimum absolute atomic E-state index is 0.994. The lowest BCUT2D eigenvalue weighted by Crippen LogP contribution is -2.02. The highest BCUT2D eigenvalue weighted by atomic mass is 15.1. The molecule has 46 heavy (non-hydrogen) atoms. The number of nitrogens with zero attached hydrogens (tertiary/aromatic N) is 1. The maximum absolute atomic E-state index is 3.66. The molecule has 0 atom stereocenters. The molecule has 9 aromatic rings. The van der Waals surface area contributed by atoms with E-state index in [4.69, 9.17) is 0 Å². The normalized spacial score (nSPS) is 12.8. The average Bonchev–Trinajstić information content (AvgIpc) is 3.71. The van der Waals surface area contributed by atoms with Gasteiger partial charge >= 0.3 is 0 Å². The predicted octanol–water partition coefficient (Wildman–Crippen LogP) is 11.5. The first-order valence-electron chi connectivity index (χ1n) is 16.2. The fourth-order valence-corrected chi connectivity index (χ4v) is 8.02. The summed E-state index contributed by atoms with van der Waals surface area (Å²) in [6.07, 6.45) is 1.07. The second-order valence-corrected chi connectivity index (χ2v) is 12.5. The summed E-state index contributed by atoms with van der Waals surface area (Å²) in [5.74, 6) is 1.24. The smallest absolute Gasteiger partial charge is 0.115 e. The van der Waals surface area contributed by atoms with Crippen molar-refractivity contribution in [1.82, 2.24) is 4.57 Å². The summed E-state index contributed by atoms with van der Waals surface area (Å²) < 4.78 is 2.40. The Morgan fingerprint density at radius 3 is 1.85 bits per heavy atom. The van der Waals surface area contributed by atoms with E-state index < -0.39 is 0 Å². The van der Waals surface area contributed by atoms with Crippen molar-refractivity contribution in [3.63, 3.8) is 0 Å². The SMILES string of the molecule is c1ccc2c(-c3c4ccccc4c(-c4ccc5cc(-n6c7c(c8ccccc86)CCN7)ccc5c4)c4ccccc34)cccc2c1. The molecule has 0 radical (unpaired) electrons. The Hall–Kier alpha value is -5.86. The highest BCUT2D eigenvalue weighted by Gasteiger charge is 2.22. The fraction of sp³-hybridized carbons (Fsp3) is 0.0455. The molecule has 8 aromatic carbocycles. The molecule has 0 spiro atoms. The molecule has 216 valence electrons. The predicted molar refractivity (Wildman–Crippen MR) is 196 cm³/mol. The van der Waals surface area contributed by atoms with E-state index >= 15 is 0 Å². The number of nitrogens with one attached hydrogen (secondary N) is 1. The van der Waals surface area contributed by atoms with Gasteiger partial charge in [0.1, 0.15) is 5.82 Å². The van der Waals surface area contributed by atoms with Crippen LogP contribution in [0.1, 0.15) is 5.56 Å². The molecule has 0 amide bonds. The van der Waals surface area contributed by atoms with E-state index in [1.807, 2.05) is 0 Å². The summed E-state index contributed by atoms with van der Waals surface area (Å²) in [7, 11) is 0. The summed E-state index contributed by atoms with van der Waals surface area (Å²) in [5.41, 5.74) is 9.00. The number of rotatable bonds is 3. The van der Waals surface area contributed by atoms with Gasteiger partial charge in [-0.25, -0.2) is 0 Å². The van der Waals surface area contributed by atoms with Gasteiger partial charge < -0.3 is 5.32 Å². The Labute approximate surface area is 267 Å². The van der Waals surface area contributed by atoms with E-state index in [-0.39, 0.29) is 0 Å². The number of aromatic nitrogens is 1. The number of hydrogen-bond donors (Lipinski definition) is 1. The van der Waals surface area contributed by atoms with Crippen molar-refractivity contribution < 1.29 is 0 Å². The number of hydrogen-bond acceptors (Lipinski definition) is 1. The summed E-state index contributed by atoms with van der Waals surface area (Å²) in [6, 6.07) is 56.0. The van der Waals surface area contributed by atoms with Gasteiger partial charge in [-0.15, -0.1) is 0 Å². The molecule has 0 bridgehead atoms. The van der Waals surface area contributed by atoms with Crippen LogP contribution in [0.2, 0.25) is 0 Å². The zero-order chi connectivity index (χ0) is 30.2. The van der Waals surface area contributed by atoms with Crippen LogP contribution >= 0.6 is 0 Å². The van der Waals surface area contributed by atoms with Gasteiger partial charge in [0.2, 0.25) is 0 Å². The van der Waals surface area contributed by atoms with Crippen LogP contribution in [0.4, 0.5) is 5.82 Å². The topological polar surface area (TPSA) is 17.0 Å². The Balaban J connectivity index is 1.19. The van der Waals surface area contributed by atoms with Crippen molar-refractivity contribution in [1.29, 1.82) is 0 Å². The van der Waals surface area contributed by atoms with Crippen molar-refractivity contribution in [3.8, 4) is 27.9 Å². The fourth-order valence-electron chi connectivity index (χ4n) is 8.02.